The highest BCUT2D eigenvalue weighted by Crippen LogP contribution is 2.61. The van der Waals surface area contributed by atoms with E-state index in [0.29, 0.717) is 5.92 Å². The van der Waals surface area contributed by atoms with Gasteiger partial charge in [-0.25, -0.2) is 0 Å². The summed E-state index contributed by atoms with van der Waals surface area (Å²) >= 11 is 0. The first kappa shape index (κ1) is 36.9. The molecule has 0 radical (unpaired) electrons. The van der Waals surface area contributed by atoms with E-state index in [4.69, 9.17) is 0 Å². The molecule has 4 fully saturated rings. The van der Waals surface area contributed by atoms with Crippen molar-refractivity contribution >= 4 is 34.1 Å². The maximum atomic E-state index is 2.53. The van der Waals surface area contributed by atoms with Crippen LogP contribution in [0.25, 0.3) is 11.1 Å². The molecular formula is C59H56N2. The van der Waals surface area contributed by atoms with Gasteiger partial charge in [-0.3, -0.25) is 0 Å². The Morgan fingerprint density at radius 3 is 1.51 bits per heavy atom. The van der Waals surface area contributed by atoms with Crippen LogP contribution in [0.4, 0.5) is 34.1 Å². The van der Waals surface area contributed by atoms with E-state index in [1.807, 2.05) is 0 Å². The molecule has 6 unspecified atom stereocenters. The van der Waals surface area contributed by atoms with Crippen molar-refractivity contribution in [2.45, 2.75) is 82.0 Å². The number of hydrogen-bond donors (Lipinski definition) is 0. The summed E-state index contributed by atoms with van der Waals surface area (Å²) in [4.78, 5) is 4.90. The van der Waals surface area contributed by atoms with Crippen LogP contribution in [0.5, 0.6) is 0 Å². The molecule has 0 N–H and O–H groups in total. The summed E-state index contributed by atoms with van der Waals surface area (Å²) in [6.07, 6.45) is 10.9. The number of fused-ring (bicyclic) bond motifs is 7. The first-order valence-corrected chi connectivity index (χ1v) is 23.2. The van der Waals surface area contributed by atoms with E-state index in [2.05, 4.69) is 200 Å². The molecule has 12 rings (SSSR count). The topological polar surface area (TPSA) is 6.48 Å². The summed E-state index contributed by atoms with van der Waals surface area (Å²) in [6.45, 7) is 4.79. The second-order valence-electron chi connectivity index (χ2n) is 19.8. The van der Waals surface area contributed by atoms with Crippen LogP contribution in [-0.2, 0) is 10.8 Å². The van der Waals surface area contributed by atoms with Crippen molar-refractivity contribution < 1.29 is 0 Å². The minimum Gasteiger partial charge on any atom is -0.311 e. The Labute approximate surface area is 362 Å². The van der Waals surface area contributed by atoms with E-state index in [1.165, 1.54) is 124 Å². The van der Waals surface area contributed by atoms with Gasteiger partial charge in [-0.2, -0.15) is 0 Å². The maximum Gasteiger partial charge on any atom is 0.0465 e. The lowest BCUT2D eigenvalue weighted by molar-refractivity contribution is 0.320. The van der Waals surface area contributed by atoms with Crippen molar-refractivity contribution in [1.82, 2.24) is 0 Å². The van der Waals surface area contributed by atoms with Gasteiger partial charge in [0.15, 0.2) is 0 Å². The summed E-state index contributed by atoms with van der Waals surface area (Å²) in [5, 5.41) is 0. The van der Waals surface area contributed by atoms with Crippen molar-refractivity contribution in [3.8, 4) is 11.1 Å². The van der Waals surface area contributed by atoms with E-state index in [9.17, 15) is 0 Å². The Balaban J connectivity index is 0.926. The molecule has 0 spiro atoms. The van der Waals surface area contributed by atoms with E-state index in [-0.39, 0.29) is 10.8 Å². The average molecular weight is 793 g/mol. The van der Waals surface area contributed by atoms with E-state index >= 15 is 0 Å². The van der Waals surface area contributed by atoms with E-state index in [0.717, 1.165) is 23.7 Å². The molecule has 7 aromatic rings. The fraction of sp³-hybridized carbons (Fsp3) is 0.288. The monoisotopic (exact) mass is 792 g/mol. The number of rotatable bonds is 9. The summed E-state index contributed by atoms with van der Waals surface area (Å²) in [5.41, 5.74) is 17.2. The van der Waals surface area contributed by atoms with Gasteiger partial charge < -0.3 is 9.80 Å². The number of nitrogens with zero attached hydrogens (tertiary/aromatic N) is 2. The largest absolute Gasteiger partial charge is 0.311 e. The summed E-state index contributed by atoms with van der Waals surface area (Å²) < 4.78 is 0. The fourth-order valence-corrected chi connectivity index (χ4v) is 13.4. The fourth-order valence-electron chi connectivity index (χ4n) is 13.4. The van der Waals surface area contributed by atoms with Crippen molar-refractivity contribution in [2.75, 3.05) is 9.80 Å². The van der Waals surface area contributed by atoms with Crippen LogP contribution < -0.4 is 9.80 Å². The molecule has 0 amide bonds. The number of anilines is 6. The van der Waals surface area contributed by atoms with Crippen LogP contribution in [0.15, 0.2) is 176 Å². The third-order valence-electron chi connectivity index (χ3n) is 16.3. The van der Waals surface area contributed by atoms with Gasteiger partial charge in [0.2, 0.25) is 0 Å². The molecule has 2 nitrogen and oxygen atoms in total. The van der Waals surface area contributed by atoms with Crippen molar-refractivity contribution in [3.63, 3.8) is 0 Å². The third kappa shape index (κ3) is 5.96. The average Bonchev–Trinajstić information content (AvgIpc) is 4.17. The molecule has 4 saturated carbocycles. The van der Waals surface area contributed by atoms with E-state index in [1.54, 1.807) is 0 Å². The molecule has 5 aliphatic rings. The van der Waals surface area contributed by atoms with Gasteiger partial charge in [-0.1, -0.05) is 130 Å². The minimum atomic E-state index is -0.0634. The van der Waals surface area contributed by atoms with Gasteiger partial charge in [0.05, 0.1) is 0 Å². The predicted molar refractivity (Wildman–Crippen MR) is 254 cm³/mol. The standard InChI is InChI=1S/C59H56N2/c1-58(2)56-16-10-9-15-53(56)54-34-33-52(38-57(54)58)61(49-27-20-42(21-28-49)55-37-40-17-19-43(55)35-40)51-31-25-45(26-32-51)59(39-41-18-22-46(59)36-41)44-23-29-50(30-24-44)60(47-11-5-3-6-12-47)48-13-7-4-8-14-48/h3-16,20-21,23-34,38,40-41,43,46,55H,17-19,22,35-37,39H2,1-2H3. The van der Waals surface area contributed by atoms with Crippen molar-refractivity contribution in [2.24, 2.45) is 23.7 Å². The maximum absolute atomic E-state index is 2.53. The van der Waals surface area contributed by atoms with Crippen LogP contribution >= 0.6 is 0 Å². The molecule has 302 valence electrons. The molecule has 4 bridgehead atoms. The van der Waals surface area contributed by atoms with Gasteiger partial charge in [0, 0.05) is 45.0 Å². The third-order valence-corrected chi connectivity index (χ3v) is 16.3. The highest BCUT2D eigenvalue weighted by molar-refractivity contribution is 5.86. The first-order chi connectivity index (χ1) is 29.9. The SMILES string of the molecule is CC1(C)c2ccccc2-c2ccc(N(c3ccc(C4CC5CCC4C5)cc3)c3ccc(C4(c5ccc(N(c6ccccc6)c6ccccc6)cc5)CC5CCC4C5)cc3)cc21. The van der Waals surface area contributed by atoms with Gasteiger partial charge >= 0.3 is 0 Å². The van der Waals surface area contributed by atoms with Crippen LogP contribution in [0.1, 0.15) is 98.9 Å². The molecule has 7 aromatic carbocycles. The van der Waals surface area contributed by atoms with Crippen LogP contribution in [0, 0.1) is 23.7 Å². The highest BCUT2D eigenvalue weighted by Gasteiger charge is 2.53. The molecule has 0 saturated heterocycles. The minimum absolute atomic E-state index is 0.0147. The van der Waals surface area contributed by atoms with E-state index < -0.39 is 0 Å². The van der Waals surface area contributed by atoms with Crippen molar-refractivity contribution in [1.29, 1.82) is 0 Å². The zero-order valence-electron chi connectivity index (χ0n) is 35.7. The molecule has 2 heteroatoms. The number of hydrogen-bond acceptors (Lipinski definition) is 2. The lowest BCUT2D eigenvalue weighted by Crippen LogP contribution is -2.34. The molecular weight excluding hydrogens is 737 g/mol. The number of para-hydroxylation sites is 2. The zero-order valence-corrected chi connectivity index (χ0v) is 35.7. The molecule has 0 aromatic heterocycles. The second kappa shape index (κ2) is 14.4. The highest BCUT2D eigenvalue weighted by atomic mass is 15.1. The molecule has 61 heavy (non-hydrogen) atoms. The van der Waals surface area contributed by atoms with Crippen LogP contribution in [-0.4, -0.2) is 0 Å². The summed E-state index contributed by atoms with van der Waals surface area (Å²) in [5.74, 6) is 3.99. The quantitative estimate of drug-likeness (QED) is 0.144. The Morgan fingerprint density at radius 1 is 0.426 bits per heavy atom. The predicted octanol–water partition coefficient (Wildman–Crippen LogP) is 15.9. The van der Waals surface area contributed by atoms with Gasteiger partial charge in [-0.15, -0.1) is 0 Å². The van der Waals surface area contributed by atoms with Gasteiger partial charge in [0.1, 0.15) is 0 Å². The summed E-state index contributed by atoms with van der Waals surface area (Å²) in [7, 11) is 0. The molecule has 5 aliphatic carbocycles. The lowest BCUT2D eigenvalue weighted by Gasteiger charge is -2.40. The second-order valence-corrected chi connectivity index (χ2v) is 19.8. The van der Waals surface area contributed by atoms with Crippen LogP contribution in [0.2, 0.25) is 0 Å². The van der Waals surface area contributed by atoms with Crippen molar-refractivity contribution in [3.05, 3.63) is 204 Å². The zero-order chi connectivity index (χ0) is 40.7. The lowest BCUT2D eigenvalue weighted by atomic mass is 9.64. The Hall–Kier alpha value is -5.86. The Kier molecular flexibility index (Phi) is 8.70. The Bertz CT molecular complexity index is 2660. The van der Waals surface area contributed by atoms with Gasteiger partial charge in [0.25, 0.3) is 0 Å². The first-order valence-electron chi connectivity index (χ1n) is 23.2. The Morgan fingerprint density at radius 2 is 0.951 bits per heavy atom. The molecule has 6 atom stereocenters. The number of benzene rings is 7. The van der Waals surface area contributed by atoms with Gasteiger partial charge in [-0.05, 0) is 180 Å². The normalized spacial score (nSPS) is 25.0. The molecule has 0 aliphatic heterocycles. The van der Waals surface area contributed by atoms with Crippen LogP contribution in [0.3, 0.4) is 0 Å². The smallest absolute Gasteiger partial charge is 0.0465 e. The summed E-state index contributed by atoms with van der Waals surface area (Å²) in [6, 6.07) is 67.0. The molecule has 0 heterocycles.